The number of hydrogen-bond donors (Lipinski definition) is 0. The van der Waals surface area contributed by atoms with Crippen molar-refractivity contribution in [3.63, 3.8) is 0 Å². The molecule has 0 fully saturated rings. The molecule has 6 aromatic carbocycles. The maximum Gasteiger partial charge on any atom is 0.206 e. The van der Waals surface area contributed by atoms with Crippen LogP contribution in [0, 0.1) is 0 Å². The van der Waals surface area contributed by atoms with Gasteiger partial charge in [0.15, 0.2) is 0 Å². The Hall–Kier alpha value is -1.76. The first-order chi connectivity index (χ1) is 24.5. The highest BCUT2D eigenvalue weighted by atomic mass is 35.5. The first-order valence-corrected chi connectivity index (χ1v) is 22.0. The predicted octanol–water partition coefficient (Wildman–Crippen LogP) is 14.6. The summed E-state index contributed by atoms with van der Waals surface area (Å²) in [7, 11) is -8.10. The third-order valence-electron chi connectivity index (χ3n) is 6.67. The van der Waals surface area contributed by atoms with Gasteiger partial charge < -0.3 is 0 Å². The van der Waals surface area contributed by atoms with E-state index >= 15 is 0 Å². The van der Waals surface area contributed by atoms with Crippen molar-refractivity contribution >= 4 is 136 Å². The summed E-state index contributed by atoms with van der Waals surface area (Å²) in [5, 5.41) is 3.08. The second-order valence-electron chi connectivity index (χ2n) is 10.6. The van der Waals surface area contributed by atoms with Gasteiger partial charge in [0, 0.05) is 59.8 Å². The molecule has 268 valence electrons. The molecular formula is C36H20Cl8O4S4. The van der Waals surface area contributed by atoms with Crippen LogP contribution in [0.1, 0.15) is 0 Å². The predicted molar refractivity (Wildman–Crippen MR) is 218 cm³/mol. The highest BCUT2D eigenvalue weighted by Crippen LogP contribution is 2.37. The quantitative estimate of drug-likeness (QED) is 0.151. The molecule has 0 atom stereocenters. The van der Waals surface area contributed by atoms with Crippen molar-refractivity contribution in [3.8, 4) is 0 Å². The normalized spacial score (nSPS) is 11.5. The molecule has 0 unspecified atom stereocenters. The second-order valence-corrected chi connectivity index (χ2v) is 20.3. The Morgan fingerprint density at radius 2 is 0.596 bits per heavy atom. The molecular weight excluding hydrogens is 908 g/mol. The van der Waals surface area contributed by atoms with Crippen molar-refractivity contribution in [1.29, 1.82) is 0 Å². The van der Waals surface area contributed by atoms with Crippen molar-refractivity contribution in [2.24, 2.45) is 0 Å². The Morgan fingerprint density at radius 1 is 0.308 bits per heavy atom. The lowest BCUT2D eigenvalue weighted by molar-refractivity contribution is 0.594. The van der Waals surface area contributed by atoms with E-state index in [1.165, 1.54) is 54.6 Å². The number of halogens is 8. The fourth-order valence-corrected chi connectivity index (χ4v) is 12.0. The molecule has 0 heterocycles. The van der Waals surface area contributed by atoms with Gasteiger partial charge in [-0.2, -0.15) is 0 Å². The minimum absolute atomic E-state index is 0.142. The van der Waals surface area contributed by atoms with E-state index in [1.54, 1.807) is 35.7 Å². The molecule has 0 aliphatic carbocycles. The van der Waals surface area contributed by atoms with Crippen LogP contribution in [0.15, 0.2) is 160 Å². The minimum Gasteiger partial charge on any atom is -0.219 e. The van der Waals surface area contributed by atoms with Crippen LogP contribution in [-0.2, 0) is 19.7 Å². The molecule has 0 aliphatic heterocycles. The molecule has 4 nitrogen and oxygen atoms in total. The monoisotopic (exact) mass is 924 g/mol. The molecule has 6 aromatic rings. The molecule has 0 aliphatic rings. The molecule has 0 N–H and O–H groups in total. The van der Waals surface area contributed by atoms with E-state index in [2.05, 4.69) is 18.2 Å². The summed E-state index contributed by atoms with van der Waals surface area (Å²) in [5.74, 6) is 0. The first-order valence-electron chi connectivity index (χ1n) is 14.4. The zero-order valence-electron chi connectivity index (χ0n) is 25.8. The minimum atomic E-state index is -4.05. The smallest absolute Gasteiger partial charge is 0.206 e. The van der Waals surface area contributed by atoms with Crippen LogP contribution in [-0.4, -0.2) is 16.8 Å². The second kappa shape index (κ2) is 17.8. The van der Waals surface area contributed by atoms with Gasteiger partial charge in [-0.05, 0) is 109 Å². The van der Waals surface area contributed by atoms with E-state index in [-0.39, 0.29) is 39.7 Å². The summed E-state index contributed by atoms with van der Waals surface area (Å²) >= 11 is 51.0. The van der Waals surface area contributed by atoms with Crippen LogP contribution in [0.3, 0.4) is 0 Å². The standard InChI is InChI=1S/C18H10Cl4O4S2.C18H10Cl4S2/c19-11-4-12(20)7-17(6-11)27(23,24)15-2-1-3-16(10-15)28(25,26)18-8-13(21)5-14(22)9-18;19-11-4-12(20)7-17(6-11)23-15-2-1-3-16(10-15)24-18-8-13(21)5-14(22)9-18/h1-10H;1-10H. The van der Waals surface area contributed by atoms with Crippen molar-refractivity contribution in [3.05, 3.63) is 162 Å². The van der Waals surface area contributed by atoms with Crippen LogP contribution >= 0.6 is 116 Å². The Morgan fingerprint density at radius 3 is 0.923 bits per heavy atom. The molecule has 6 rings (SSSR count). The van der Waals surface area contributed by atoms with Gasteiger partial charge in [-0.25, -0.2) is 16.8 Å². The lowest BCUT2D eigenvalue weighted by atomic mass is 10.3. The van der Waals surface area contributed by atoms with E-state index < -0.39 is 19.7 Å². The molecule has 16 heteroatoms. The number of benzene rings is 6. The molecule has 0 radical (unpaired) electrons. The van der Waals surface area contributed by atoms with Gasteiger partial charge in [-0.1, -0.05) is 128 Å². The molecule has 52 heavy (non-hydrogen) atoms. The Labute approximate surface area is 350 Å². The highest BCUT2D eigenvalue weighted by Gasteiger charge is 2.24. The Kier molecular flexibility index (Phi) is 14.2. The summed E-state index contributed by atoms with van der Waals surface area (Å²) in [5.41, 5.74) is 0. The summed E-state index contributed by atoms with van der Waals surface area (Å²) in [6.07, 6.45) is 0. The average molecular weight is 928 g/mol. The van der Waals surface area contributed by atoms with Crippen LogP contribution in [0.25, 0.3) is 0 Å². The molecule has 0 saturated heterocycles. The summed E-state index contributed by atoms with van der Waals surface area (Å²) < 4.78 is 51.6. The topological polar surface area (TPSA) is 68.3 Å². The molecule has 0 spiro atoms. The Bertz CT molecular complexity index is 2270. The van der Waals surface area contributed by atoms with E-state index in [0.717, 1.165) is 25.6 Å². The molecule has 0 aromatic heterocycles. The number of sulfone groups is 2. The van der Waals surface area contributed by atoms with Crippen LogP contribution in [0.2, 0.25) is 40.2 Å². The van der Waals surface area contributed by atoms with Crippen LogP contribution in [0.5, 0.6) is 0 Å². The number of hydrogen-bond acceptors (Lipinski definition) is 6. The summed E-state index contributed by atoms with van der Waals surface area (Å²) in [4.78, 5) is 3.47. The zero-order valence-corrected chi connectivity index (χ0v) is 35.2. The lowest BCUT2D eigenvalue weighted by Gasteiger charge is -2.10. The average Bonchev–Trinajstić information content (AvgIpc) is 3.03. The Balaban J connectivity index is 0.000000203. The summed E-state index contributed by atoms with van der Waals surface area (Å²) in [6.45, 7) is 0. The van der Waals surface area contributed by atoms with Gasteiger partial charge in [-0.15, -0.1) is 0 Å². The first kappa shape index (κ1) is 41.4. The van der Waals surface area contributed by atoms with Crippen molar-refractivity contribution in [1.82, 2.24) is 0 Å². The van der Waals surface area contributed by atoms with E-state index in [9.17, 15) is 16.8 Å². The van der Waals surface area contributed by atoms with E-state index in [1.807, 2.05) is 30.3 Å². The van der Waals surface area contributed by atoms with Gasteiger partial charge in [-0.3, -0.25) is 0 Å². The van der Waals surface area contributed by atoms with Gasteiger partial charge in [0.25, 0.3) is 0 Å². The van der Waals surface area contributed by atoms with Gasteiger partial charge >= 0.3 is 0 Å². The largest absolute Gasteiger partial charge is 0.219 e. The van der Waals surface area contributed by atoms with Gasteiger partial charge in [0.2, 0.25) is 19.7 Å². The van der Waals surface area contributed by atoms with Crippen LogP contribution < -0.4 is 0 Å². The van der Waals surface area contributed by atoms with Crippen molar-refractivity contribution < 1.29 is 16.8 Å². The van der Waals surface area contributed by atoms with E-state index in [4.69, 9.17) is 92.8 Å². The zero-order chi connectivity index (χ0) is 37.8. The van der Waals surface area contributed by atoms with Crippen molar-refractivity contribution in [2.75, 3.05) is 0 Å². The fourth-order valence-electron chi connectivity index (χ4n) is 4.50. The summed E-state index contributed by atoms with van der Waals surface area (Å²) in [6, 6.07) is 32.0. The highest BCUT2D eigenvalue weighted by molar-refractivity contribution is 8.00. The molecule has 0 saturated carbocycles. The molecule has 0 amide bonds. The third-order valence-corrected chi connectivity index (χ3v) is 13.8. The maximum atomic E-state index is 12.9. The molecule has 0 bridgehead atoms. The van der Waals surface area contributed by atoms with Gasteiger partial charge in [0.1, 0.15) is 0 Å². The third kappa shape index (κ3) is 11.2. The van der Waals surface area contributed by atoms with Gasteiger partial charge in [0.05, 0.1) is 19.6 Å². The number of rotatable bonds is 8. The van der Waals surface area contributed by atoms with E-state index in [0.29, 0.717) is 20.1 Å². The SMILES string of the molecule is Clc1cc(Cl)cc(Sc2cccc(Sc3cc(Cl)cc(Cl)c3)c2)c1.O=S(=O)(c1cc(Cl)cc(Cl)c1)c1cccc(S(=O)(=O)c2cc(Cl)cc(Cl)c2)c1. The maximum absolute atomic E-state index is 12.9. The fraction of sp³-hybridized carbons (Fsp3) is 0. The lowest BCUT2D eigenvalue weighted by Crippen LogP contribution is -2.06. The van der Waals surface area contributed by atoms with Crippen molar-refractivity contribution in [2.45, 2.75) is 39.2 Å². The van der Waals surface area contributed by atoms with Crippen LogP contribution in [0.4, 0.5) is 0 Å².